The first-order valence-electron chi connectivity index (χ1n) is 8.32. The second-order valence-electron chi connectivity index (χ2n) is 6.40. The van der Waals surface area contributed by atoms with Gasteiger partial charge in [-0.3, -0.25) is 0 Å². The molecular weight excluding hydrogens is 321 g/mol. The van der Waals surface area contributed by atoms with E-state index >= 15 is 0 Å². The fraction of sp³-hybridized carbons (Fsp3) is 0.263. The van der Waals surface area contributed by atoms with Crippen molar-refractivity contribution in [2.24, 2.45) is 0 Å². The van der Waals surface area contributed by atoms with E-state index in [0.29, 0.717) is 19.0 Å². The number of nitrogens with zero attached hydrogens (tertiary/aromatic N) is 3. The number of carboxylic acid groups (broad SMARTS) is 1. The number of pyridine rings is 1. The smallest absolute Gasteiger partial charge is 0.407 e. The van der Waals surface area contributed by atoms with Crippen LogP contribution in [0, 0.1) is 5.82 Å². The number of imidazole rings is 1. The number of carbonyl (C=O) groups is 1. The quantitative estimate of drug-likeness (QED) is 0.768. The number of aromatic nitrogens is 2. The third-order valence-corrected chi connectivity index (χ3v) is 4.86. The van der Waals surface area contributed by atoms with Gasteiger partial charge in [-0.05, 0) is 60.7 Å². The number of likely N-dealkylation sites (tertiary alicyclic amines) is 1. The van der Waals surface area contributed by atoms with Crippen LogP contribution in [-0.4, -0.2) is 38.6 Å². The summed E-state index contributed by atoms with van der Waals surface area (Å²) >= 11 is 0. The van der Waals surface area contributed by atoms with Crippen molar-refractivity contribution in [1.82, 2.24) is 14.3 Å². The Labute approximate surface area is 144 Å². The third-order valence-electron chi connectivity index (χ3n) is 4.86. The molecule has 4 rings (SSSR count). The molecule has 1 fully saturated rings. The summed E-state index contributed by atoms with van der Waals surface area (Å²) < 4.78 is 15.0. The number of halogens is 1. The predicted molar refractivity (Wildman–Crippen MR) is 92.2 cm³/mol. The molecule has 1 aromatic carbocycles. The first kappa shape index (κ1) is 15.6. The molecular formula is C19H18FN3O2. The molecule has 128 valence electrons. The number of rotatable bonds is 2. The molecule has 6 heteroatoms. The lowest BCUT2D eigenvalue weighted by Crippen LogP contribution is -2.36. The van der Waals surface area contributed by atoms with Crippen LogP contribution in [0.15, 0.2) is 48.8 Å². The molecule has 0 unspecified atom stereocenters. The molecule has 1 amide bonds. The second kappa shape index (κ2) is 6.20. The Morgan fingerprint density at radius 3 is 2.56 bits per heavy atom. The van der Waals surface area contributed by atoms with Crippen molar-refractivity contribution in [3.05, 3.63) is 60.2 Å². The highest BCUT2D eigenvalue weighted by Gasteiger charge is 2.23. The van der Waals surface area contributed by atoms with Crippen molar-refractivity contribution in [3.8, 4) is 11.3 Å². The van der Waals surface area contributed by atoms with E-state index in [9.17, 15) is 9.18 Å². The maximum atomic E-state index is 13.1. The van der Waals surface area contributed by atoms with E-state index in [1.807, 2.05) is 16.8 Å². The lowest BCUT2D eigenvalue weighted by Gasteiger charge is -2.30. The Morgan fingerprint density at radius 1 is 1.16 bits per heavy atom. The van der Waals surface area contributed by atoms with Crippen LogP contribution in [0.1, 0.15) is 24.3 Å². The van der Waals surface area contributed by atoms with Crippen molar-refractivity contribution >= 4 is 11.7 Å². The minimum Gasteiger partial charge on any atom is -0.465 e. The molecule has 0 saturated carbocycles. The summed E-state index contributed by atoms with van der Waals surface area (Å²) in [6.45, 7) is 1.14. The second-order valence-corrected chi connectivity index (χ2v) is 6.40. The van der Waals surface area contributed by atoms with Gasteiger partial charge in [0.25, 0.3) is 0 Å². The maximum absolute atomic E-state index is 13.1. The average molecular weight is 339 g/mol. The molecule has 0 bridgehead atoms. The van der Waals surface area contributed by atoms with Crippen LogP contribution in [0.4, 0.5) is 9.18 Å². The third kappa shape index (κ3) is 3.07. The van der Waals surface area contributed by atoms with Gasteiger partial charge in [0.15, 0.2) is 0 Å². The van der Waals surface area contributed by atoms with Crippen molar-refractivity contribution in [2.45, 2.75) is 18.8 Å². The van der Waals surface area contributed by atoms with Crippen molar-refractivity contribution in [3.63, 3.8) is 0 Å². The van der Waals surface area contributed by atoms with Gasteiger partial charge < -0.3 is 14.4 Å². The van der Waals surface area contributed by atoms with Gasteiger partial charge >= 0.3 is 6.09 Å². The van der Waals surface area contributed by atoms with Gasteiger partial charge in [0.05, 0.1) is 5.69 Å². The number of hydrogen-bond acceptors (Lipinski definition) is 2. The van der Waals surface area contributed by atoms with E-state index in [1.54, 1.807) is 12.1 Å². The van der Waals surface area contributed by atoms with Crippen molar-refractivity contribution in [2.75, 3.05) is 13.1 Å². The standard InChI is InChI=1S/C19H18FN3O2/c20-16-3-1-14(2-4-16)17-12-23-10-7-15(11-18(23)21-17)13-5-8-22(9-6-13)19(24)25/h1-4,7,10-13H,5-6,8-9H2,(H,24,25). The van der Waals surface area contributed by atoms with E-state index in [-0.39, 0.29) is 5.82 Å². The molecule has 0 aliphatic carbocycles. The lowest BCUT2D eigenvalue weighted by molar-refractivity contribution is 0.132. The molecule has 0 radical (unpaired) electrons. The highest BCUT2D eigenvalue weighted by molar-refractivity contribution is 5.65. The Balaban J connectivity index is 1.58. The normalized spacial score (nSPS) is 15.6. The predicted octanol–water partition coefficient (Wildman–Crippen LogP) is 4.00. The molecule has 3 heterocycles. The van der Waals surface area contributed by atoms with E-state index < -0.39 is 6.09 Å². The summed E-state index contributed by atoms with van der Waals surface area (Å²) in [4.78, 5) is 17.1. The Morgan fingerprint density at radius 2 is 1.88 bits per heavy atom. The molecule has 0 spiro atoms. The van der Waals surface area contributed by atoms with Crippen molar-refractivity contribution < 1.29 is 14.3 Å². The average Bonchev–Trinajstić information content (AvgIpc) is 3.05. The number of amides is 1. The van der Waals surface area contributed by atoms with Gasteiger partial charge in [0.1, 0.15) is 11.5 Å². The van der Waals surface area contributed by atoms with Gasteiger partial charge in [0.2, 0.25) is 0 Å². The zero-order chi connectivity index (χ0) is 17.4. The molecule has 3 aromatic rings. The molecule has 1 saturated heterocycles. The van der Waals surface area contributed by atoms with Crippen LogP contribution in [-0.2, 0) is 0 Å². The first-order chi connectivity index (χ1) is 12.1. The summed E-state index contributed by atoms with van der Waals surface area (Å²) in [5, 5.41) is 9.05. The summed E-state index contributed by atoms with van der Waals surface area (Å²) in [5.41, 5.74) is 3.71. The van der Waals surface area contributed by atoms with Gasteiger partial charge in [-0.2, -0.15) is 0 Å². The number of fused-ring (bicyclic) bond motifs is 1. The minimum absolute atomic E-state index is 0.262. The van der Waals surface area contributed by atoms with E-state index in [0.717, 1.165) is 29.7 Å². The summed E-state index contributed by atoms with van der Waals surface area (Å²) in [6, 6.07) is 10.4. The largest absolute Gasteiger partial charge is 0.465 e. The molecule has 25 heavy (non-hydrogen) atoms. The molecule has 1 aliphatic heterocycles. The molecule has 1 N–H and O–H groups in total. The summed E-state index contributed by atoms with van der Waals surface area (Å²) in [7, 11) is 0. The van der Waals surface area contributed by atoms with Gasteiger partial charge in [0, 0.05) is 31.0 Å². The van der Waals surface area contributed by atoms with Gasteiger partial charge in [-0.1, -0.05) is 0 Å². The SMILES string of the molecule is O=C(O)N1CCC(c2ccn3cc(-c4ccc(F)cc4)nc3c2)CC1. The topological polar surface area (TPSA) is 57.8 Å². The van der Waals surface area contributed by atoms with E-state index in [1.165, 1.54) is 22.6 Å². The highest BCUT2D eigenvalue weighted by atomic mass is 19.1. The van der Waals surface area contributed by atoms with Crippen LogP contribution >= 0.6 is 0 Å². The molecule has 2 aromatic heterocycles. The number of hydrogen-bond donors (Lipinski definition) is 1. The van der Waals surface area contributed by atoms with Crippen LogP contribution < -0.4 is 0 Å². The number of benzene rings is 1. The Hall–Kier alpha value is -2.89. The zero-order valence-corrected chi connectivity index (χ0v) is 13.6. The number of piperidine rings is 1. The first-order valence-corrected chi connectivity index (χ1v) is 8.32. The lowest BCUT2D eigenvalue weighted by atomic mass is 9.90. The van der Waals surface area contributed by atoms with E-state index in [4.69, 9.17) is 5.11 Å². The van der Waals surface area contributed by atoms with Crippen LogP contribution in [0.2, 0.25) is 0 Å². The Kier molecular flexibility index (Phi) is 3.87. The van der Waals surface area contributed by atoms with E-state index in [2.05, 4.69) is 17.1 Å². The van der Waals surface area contributed by atoms with Crippen LogP contribution in [0.3, 0.4) is 0 Å². The molecule has 1 aliphatic rings. The fourth-order valence-corrected chi connectivity index (χ4v) is 3.42. The fourth-order valence-electron chi connectivity index (χ4n) is 3.42. The molecule has 5 nitrogen and oxygen atoms in total. The Bertz CT molecular complexity index is 912. The van der Waals surface area contributed by atoms with Crippen LogP contribution in [0.5, 0.6) is 0 Å². The summed E-state index contributed by atoms with van der Waals surface area (Å²) in [6.07, 6.45) is 4.72. The minimum atomic E-state index is -0.842. The van der Waals surface area contributed by atoms with Gasteiger partial charge in [-0.15, -0.1) is 0 Å². The van der Waals surface area contributed by atoms with Gasteiger partial charge in [-0.25, -0.2) is 14.2 Å². The van der Waals surface area contributed by atoms with Crippen LogP contribution in [0.25, 0.3) is 16.9 Å². The monoisotopic (exact) mass is 339 g/mol. The maximum Gasteiger partial charge on any atom is 0.407 e. The van der Waals surface area contributed by atoms with Crippen molar-refractivity contribution in [1.29, 1.82) is 0 Å². The summed E-state index contributed by atoms with van der Waals surface area (Å²) in [5.74, 6) is 0.0917. The zero-order valence-electron chi connectivity index (χ0n) is 13.6. The molecule has 0 atom stereocenters. The highest BCUT2D eigenvalue weighted by Crippen LogP contribution is 2.29.